The molecule has 28 heavy (non-hydrogen) atoms. The Hall–Kier alpha value is -3.08. The van der Waals surface area contributed by atoms with Gasteiger partial charge in [0.2, 0.25) is 0 Å². The lowest BCUT2D eigenvalue weighted by Gasteiger charge is -2.04. The number of carbonyl (C=O) groups is 6. The first-order chi connectivity index (χ1) is 13.3. The smallest absolute Gasteiger partial charge is 0.331 e. The third-order valence-electron chi connectivity index (χ3n) is 2.96. The molecular formula is C17H24N2O9. The molecule has 156 valence electrons. The van der Waals surface area contributed by atoms with Gasteiger partial charge in [0, 0.05) is 32.4 Å². The van der Waals surface area contributed by atoms with Gasteiger partial charge in [-0.15, -0.1) is 0 Å². The van der Waals surface area contributed by atoms with Crippen LogP contribution in [0, 0.1) is 0 Å². The number of carbonyl (C=O) groups excluding carboxylic acids is 6. The number of unbranched alkanes of at least 4 members (excludes halogenated alkanes) is 1. The van der Waals surface area contributed by atoms with Gasteiger partial charge in [0.05, 0.1) is 6.61 Å². The van der Waals surface area contributed by atoms with E-state index in [9.17, 15) is 28.8 Å². The van der Waals surface area contributed by atoms with Crippen molar-refractivity contribution >= 4 is 35.3 Å². The van der Waals surface area contributed by atoms with Gasteiger partial charge in [-0.1, -0.05) is 13.3 Å². The Balaban J connectivity index is 4.11. The molecule has 0 aromatic carbocycles. The third kappa shape index (κ3) is 12.3. The Morgan fingerprint density at radius 2 is 1.25 bits per heavy atom. The minimum atomic E-state index is -1.07. The van der Waals surface area contributed by atoms with Crippen LogP contribution in [0.4, 0.5) is 0 Å². The summed E-state index contributed by atoms with van der Waals surface area (Å²) in [6.45, 7) is 0.997. The number of esters is 2. The number of rotatable bonds is 14. The van der Waals surface area contributed by atoms with Gasteiger partial charge < -0.3 is 24.8 Å². The molecule has 0 saturated heterocycles. The van der Waals surface area contributed by atoms with Crippen LogP contribution in [0.15, 0.2) is 12.2 Å². The molecular weight excluding hydrogens is 376 g/mol. The zero-order chi connectivity index (χ0) is 21.4. The van der Waals surface area contributed by atoms with Crippen LogP contribution >= 0.6 is 0 Å². The average molecular weight is 400 g/mol. The number of ketones is 2. The molecule has 0 fully saturated rings. The summed E-state index contributed by atoms with van der Waals surface area (Å²) in [5.41, 5.74) is 0. The first kappa shape index (κ1) is 24.9. The topological polar surface area (TPSA) is 154 Å². The van der Waals surface area contributed by atoms with Gasteiger partial charge >= 0.3 is 11.9 Å². The molecule has 11 heteroatoms. The molecule has 0 radical (unpaired) electrons. The first-order valence-electron chi connectivity index (χ1n) is 8.44. The predicted molar refractivity (Wildman–Crippen MR) is 93.9 cm³/mol. The Morgan fingerprint density at radius 3 is 1.68 bits per heavy atom. The second kappa shape index (κ2) is 15.0. The van der Waals surface area contributed by atoms with Gasteiger partial charge in [-0.05, 0) is 6.42 Å². The number of methoxy groups -OCH3 is 1. The van der Waals surface area contributed by atoms with Crippen molar-refractivity contribution < 1.29 is 43.0 Å². The Labute approximate surface area is 161 Å². The molecule has 0 aromatic heterocycles. The van der Waals surface area contributed by atoms with E-state index in [4.69, 9.17) is 0 Å². The molecule has 0 aliphatic rings. The van der Waals surface area contributed by atoms with E-state index < -0.39 is 48.5 Å². The van der Waals surface area contributed by atoms with Crippen LogP contribution in [0.1, 0.15) is 19.8 Å². The van der Waals surface area contributed by atoms with E-state index in [0.717, 1.165) is 6.42 Å². The highest BCUT2D eigenvalue weighted by Gasteiger charge is 2.16. The van der Waals surface area contributed by atoms with Gasteiger partial charge in [-0.3, -0.25) is 19.2 Å². The summed E-state index contributed by atoms with van der Waals surface area (Å²) >= 11 is 0. The summed E-state index contributed by atoms with van der Waals surface area (Å²) in [6, 6.07) is 0. The van der Waals surface area contributed by atoms with E-state index in [-0.39, 0.29) is 13.2 Å². The van der Waals surface area contributed by atoms with Crippen LogP contribution in [0.2, 0.25) is 0 Å². The van der Waals surface area contributed by atoms with Crippen molar-refractivity contribution in [2.45, 2.75) is 19.8 Å². The van der Waals surface area contributed by atoms with Gasteiger partial charge in [0.1, 0.15) is 0 Å². The second-order valence-corrected chi connectivity index (χ2v) is 5.25. The van der Waals surface area contributed by atoms with E-state index in [1.807, 2.05) is 6.92 Å². The highest BCUT2D eigenvalue weighted by molar-refractivity contribution is 6.37. The maximum Gasteiger partial charge on any atom is 0.331 e. The number of hydrogen-bond acceptors (Lipinski definition) is 9. The molecule has 0 unspecified atom stereocenters. The molecule has 0 aromatic rings. The summed E-state index contributed by atoms with van der Waals surface area (Å²) in [4.78, 5) is 68.3. The van der Waals surface area contributed by atoms with E-state index in [1.54, 1.807) is 0 Å². The van der Waals surface area contributed by atoms with Gasteiger partial charge in [0.15, 0.2) is 13.2 Å². The number of ether oxygens (including phenoxy) is 3. The van der Waals surface area contributed by atoms with Gasteiger partial charge in [-0.25, -0.2) is 9.59 Å². The van der Waals surface area contributed by atoms with Crippen molar-refractivity contribution in [3.05, 3.63) is 12.2 Å². The normalized spacial score (nSPS) is 10.2. The van der Waals surface area contributed by atoms with Crippen LogP contribution in [0.5, 0.6) is 0 Å². The molecule has 2 amide bonds. The predicted octanol–water partition coefficient (Wildman–Crippen LogP) is -1.55. The number of amides is 2. The summed E-state index contributed by atoms with van der Waals surface area (Å²) in [7, 11) is 1.42. The Morgan fingerprint density at radius 1 is 0.786 bits per heavy atom. The monoisotopic (exact) mass is 400 g/mol. The van der Waals surface area contributed by atoms with E-state index >= 15 is 0 Å². The summed E-state index contributed by atoms with van der Waals surface area (Å²) in [5, 5.41) is 4.61. The van der Waals surface area contributed by atoms with E-state index in [0.29, 0.717) is 25.1 Å². The van der Waals surface area contributed by atoms with Crippen LogP contribution in [-0.4, -0.2) is 75.3 Å². The zero-order valence-electron chi connectivity index (χ0n) is 15.8. The molecule has 0 atom stereocenters. The number of nitrogens with one attached hydrogen (secondary N) is 2. The fourth-order valence-electron chi connectivity index (χ4n) is 1.48. The van der Waals surface area contributed by atoms with E-state index in [1.165, 1.54) is 7.11 Å². The summed E-state index contributed by atoms with van der Waals surface area (Å²) in [5.74, 6) is -5.87. The quantitative estimate of drug-likeness (QED) is 0.153. The van der Waals surface area contributed by atoms with E-state index in [2.05, 4.69) is 24.8 Å². The van der Waals surface area contributed by atoms with Gasteiger partial charge in [0.25, 0.3) is 23.4 Å². The zero-order valence-corrected chi connectivity index (χ0v) is 15.8. The average Bonchev–Trinajstić information content (AvgIpc) is 2.68. The minimum absolute atomic E-state index is 0.121. The fraction of sp³-hybridized carbons (Fsp3) is 0.529. The third-order valence-corrected chi connectivity index (χ3v) is 2.96. The fourth-order valence-corrected chi connectivity index (χ4v) is 1.48. The standard InChI is InChI=1S/C17H24N2O9/c1-3-4-7-18-16(24)12(20)10-27-14(22)5-6-15(23)28-11-13(21)17(25)19-8-9-26-2/h5-6H,3-4,7-11H2,1-2H3,(H,18,24)(H,19,25)/b6-5+. The number of Topliss-reactive ketones (excluding diaryl/α,β-unsaturated/α-hetero) is 2. The van der Waals surface area contributed by atoms with Crippen molar-refractivity contribution in [2.75, 3.05) is 40.0 Å². The molecule has 0 heterocycles. The first-order valence-corrected chi connectivity index (χ1v) is 8.44. The van der Waals surface area contributed by atoms with Crippen LogP contribution in [-0.2, 0) is 43.0 Å². The van der Waals surface area contributed by atoms with Crippen molar-refractivity contribution in [3.63, 3.8) is 0 Å². The summed E-state index contributed by atoms with van der Waals surface area (Å²) < 4.78 is 13.7. The molecule has 0 aliphatic heterocycles. The van der Waals surface area contributed by atoms with Crippen molar-refractivity contribution in [1.29, 1.82) is 0 Å². The lowest BCUT2D eigenvalue weighted by atomic mass is 10.3. The van der Waals surface area contributed by atoms with Gasteiger partial charge in [-0.2, -0.15) is 0 Å². The maximum atomic E-state index is 11.4. The van der Waals surface area contributed by atoms with Crippen molar-refractivity contribution in [3.8, 4) is 0 Å². The molecule has 0 bridgehead atoms. The molecule has 2 N–H and O–H groups in total. The SMILES string of the molecule is CCCCNC(=O)C(=O)COC(=O)/C=C/C(=O)OCC(=O)C(=O)NCCOC. The van der Waals surface area contributed by atoms with Crippen molar-refractivity contribution in [1.82, 2.24) is 10.6 Å². The highest BCUT2D eigenvalue weighted by Crippen LogP contribution is 1.89. The molecule has 0 spiro atoms. The molecule has 11 nitrogen and oxygen atoms in total. The molecule has 0 aliphatic carbocycles. The summed E-state index contributed by atoms with van der Waals surface area (Å²) in [6.07, 6.45) is 2.87. The Bertz CT molecular complexity index is 562. The lowest BCUT2D eigenvalue weighted by molar-refractivity contribution is -0.148. The minimum Gasteiger partial charge on any atom is -0.454 e. The Kier molecular flexibility index (Phi) is 13.4. The number of hydrogen-bond donors (Lipinski definition) is 2. The maximum absolute atomic E-state index is 11.4. The largest absolute Gasteiger partial charge is 0.454 e. The molecule has 0 rings (SSSR count). The van der Waals surface area contributed by atoms with Crippen LogP contribution in [0.3, 0.4) is 0 Å². The lowest BCUT2D eigenvalue weighted by Crippen LogP contribution is -2.35. The molecule has 0 saturated carbocycles. The highest BCUT2D eigenvalue weighted by atomic mass is 16.5. The second-order valence-electron chi connectivity index (χ2n) is 5.25. The van der Waals surface area contributed by atoms with Crippen LogP contribution < -0.4 is 10.6 Å². The van der Waals surface area contributed by atoms with Crippen LogP contribution in [0.25, 0.3) is 0 Å². The van der Waals surface area contributed by atoms with Crippen molar-refractivity contribution in [2.24, 2.45) is 0 Å².